The number of carbonyl (C=O) groups is 1. The molecule has 28 heavy (non-hydrogen) atoms. The van der Waals surface area contributed by atoms with Crippen LogP contribution in [0, 0.1) is 12.7 Å². The van der Waals surface area contributed by atoms with Crippen molar-refractivity contribution in [1.82, 2.24) is 0 Å². The summed E-state index contributed by atoms with van der Waals surface area (Å²) in [6.07, 6.45) is -1.33. The molecule has 3 unspecified atom stereocenters. The summed E-state index contributed by atoms with van der Waals surface area (Å²) in [5.41, 5.74) is 3.10. The van der Waals surface area contributed by atoms with E-state index in [9.17, 15) is 14.3 Å². The number of amides is 1. The van der Waals surface area contributed by atoms with Gasteiger partial charge in [-0.05, 0) is 49.2 Å². The zero-order valence-electron chi connectivity index (χ0n) is 16.1. The number of methoxy groups -OCH3 is 1. The van der Waals surface area contributed by atoms with E-state index >= 15 is 0 Å². The van der Waals surface area contributed by atoms with E-state index in [1.807, 2.05) is 26.0 Å². The van der Waals surface area contributed by atoms with E-state index in [2.05, 4.69) is 0 Å². The van der Waals surface area contributed by atoms with Gasteiger partial charge in [0, 0.05) is 18.4 Å². The zero-order chi connectivity index (χ0) is 20.3. The summed E-state index contributed by atoms with van der Waals surface area (Å²) in [6.45, 7) is 4.09. The van der Waals surface area contributed by atoms with Crippen molar-refractivity contribution in [1.29, 1.82) is 0 Å². The molecule has 1 N–H and O–H groups in total. The van der Waals surface area contributed by atoms with Gasteiger partial charge >= 0.3 is 0 Å². The number of thioether (sulfide) groups is 1. The van der Waals surface area contributed by atoms with Crippen LogP contribution >= 0.6 is 11.8 Å². The monoisotopic (exact) mass is 405 g/mol. The maximum atomic E-state index is 13.3. The van der Waals surface area contributed by atoms with E-state index in [1.54, 1.807) is 30.2 Å². The second-order valence-corrected chi connectivity index (χ2v) is 7.85. The highest BCUT2D eigenvalue weighted by molar-refractivity contribution is 8.00. The molecular formula is C21H24FNO4S. The Hall–Kier alpha value is -1.93. The molecule has 0 aromatic heterocycles. The van der Waals surface area contributed by atoms with Crippen LogP contribution in [0.3, 0.4) is 0 Å². The number of ether oxygens (including phenoxy) is 2. The lowest BCUT2D eigenvalue weighted by Gasteiger charge is -2.27. The fraction of sp³-hybridized carbons (Fsp3) is 0.381. The number of aliphatic hydroxyl groups excluding tert-OH is 1. The lowest BCUT2D eigenvalue weighted by atomic mass is 10.1. The van der Waals surface area contributed by atoms with Gasteiger partial charge in [-0.25, -0.2) is 4.39 Å². The lowest BCUT2D eigenvalue weighted by Crippen LogP contribution is -2.28. The molecule has 3 rings (SSSR count). The van der Waals surface area contributed by atoms with Crippen LogP contribution in [-0.4, -0.2) is 36.6 Å². The van der Waals surface area contributed by atoms with Gasteiger partial charge in [0.15, 0.2) is 6.29 Å². The highest BCUT2D eigenvalue weighted by atomic mass is 32.2. The largest absolute Gasteiger partial charge is 0.382 e. The first-order valence-electron chi connectivity index (χ1n) is 9.03. The number of aryl methyl sites for hydroxylation is 1. The highest BCUT2D eigenvalue weighted by Crippen LogP contribution is 2.43. The molecule has 1 amide bonds. The first kappa shape index (κ1) is 20.8. The molecule has 0 bridgehead atoms. The Labute approximate surface area is 168 Å². The van der Waals surface area contributed by atoms with E-state index in [4.69, 9.17) is 9.47 Å². The van der Waals surface area contributed by atoms with Crippen molar-refractivity contribution in [3.8, 4) is 0 Å². The van der Waals surface area contributed by atoms with Crippen LogP contribution in [0.5, 0.6) is 0 Å². The first-order valence-corrected chi connectivity index (χ1v) is 10.1. The predicted octanol–water partition coefficient (Wildman–Crippen LogP) is 3.96. The standard InChI is InChI=1S/C21H24FNO4S/c1-13-10-16(21(25)27-14(2)11-26-3)6-9-18(13)23-19(24)12-28-20(23)15-4-7-17(22)8-5-15/h4-10,14,20-21,25H,11-12H2,1-3H3. The Kier molecular flexibility index (Phi) is 6.72. The van der Waals surface area contributed by atoms with Gasteiger partial charge in [0.2, 0.25) is 5.91 Å². The summed E-state index contributed by atoms with van der Waals surface area (Å²) >= 11 is 1.51. The van der Waals surface area contributed by atoms with Gasteiger partial charge in [-0.3, -0.25) is 9.69 Å². The molecule has 1 saturated heterocycles. The number of benzene rings is 2. The van der Waals surface area contributed by atoms with Crippen molar-refractivity contribution >= 4 is 23.4 Å². The van der Waals surface area contributed by atoms with Crippen LogP contribution in [0.2, 0.25) is 0 Å². The maximum absolute atomic E-state index is 13.3. The Bertz CT molecular complexity index is 830. The summed E-state index contributed by atoms with van der Waals surface area (Å²) in [4.78, 5) is 14.3. The summed E-state index contributed by atoms with van der Waals surface area (Å²) in [6, 6.07) is 11.6. The van der Waals surface area contributed by atoms with Gasteiger partial charge in [0.1, 0.15) is 11.2 Å². The Morgan fingerprint density at radius 2 is 2.00 bits per heavy atom. The minimum absolute atomic E-state index is 0.000639. The quantitative estimate of drug-likeness (QED) is 0.707. The average molecular weight is 405 g/mol. The van der Waals surface area contributed by atoms with Crippen LogP contribution in [-0.2, 0) is 14.3 Å². The molecule has 0 spiro atoms. The number of rotatable bonds is 7. The number of halogens is 1. The van der Waals surface area contributed by atoms with Gasteiger partial charge in [-0.15, -0.1) is 11.8 Å². The van der Waals surface area contributed by atoms with Gasteiger partial charge in [-0.1, -0.05) is 18.2 Å². The molecule has 2 aromatic carbocycles. The van der Waals surface area contributed by atoms with E-state index in [-0.39, 0.29) is 23.2 Å². The predicted molar refractivity (Wildman–Crippen MR) is 108 cm³/mol. The average Bonchev–Trinajstić information content (AvgIpc) is 3.03. The third-order valence-electron chi connectivity index (χ3n) is 4.55. The van der Waals surface area contributed by atoms with Crippen LogP contribution < -0.4 is 4.90 Å². The SMILES string of the molecule is COCC(C)OC(O)c1ccc(N2C(=O)CSC2c2ccc(F)cc2)c(C)c1. The van der Waals surface area contributed by atoms with E-state index in [0.717, 1.165) is 16.8 Å². The second kappa shape index (κ2) is 9.05. The van der Waals surface area contributed by atoms with E-state index in [1.165, 1.54) is 23.9 Å². The van der Waals surface area contributed by atoms with Crippen LogP contribution in [0.25, 0.3) is 0 Å². The molecule has 5 nitrogen and oxygen atoms in total. The minimum Gasteiger partial charge on any atom is -0.382 e. The Balaban J connectivity index is 1.83. The second-order valence-electron chi connectivity index (χ2n) is 6.78. The van der Waals surface area contributed by atoms with Crippen LogP contribution in [0.1, 0.15) is 35.3 Å². The van der Waals surface area contributed by atoms with Crippen molar-refractivity contribution in [3.05, 3.63) is 65.0 Å². The molecule has 150 valence electrons. The molecule has 0 aliphatic carbocycles. The third-order valence-corrected chi connectivity index (χ3v) is 5.76. The normalized spacial score (nSPS) is 19.1. The number of hydrogen-bond donors (Lipinski definition) is 1. The number of anilines is 1. The first-order chi connectivity index (χ1) is 13.4. The minimum atomic E-state index is -1.07. The summed E-state index contributed by atoms with van der Waals surface area (Å²) < 4.78 is 23.8. The Morgan fingerprint density at radius 3 is 2.64 bits per heavy atom. The number of carbonyl (C=O) groups excluding carboxylic acids is 1. The number of aliphatic hydroxyl groups is 1. The molecule has 0 radical (unpaired) electrons. The van der Waals surface area contributed by atoms with Crippen molar-refractivity contribution in [2.24, 2.45) is 0 Å². The Morgan fingerprint density at radius 1 is 1.29 bits per heavy atom. The maximum Gasteiger partial charge on any atom is 0.238 e. The molecular weight excluding hydrogens is 381 g/mol. The summed E-state index contributed by atoms with van der Waals surface area (Å²) in [5.74, 6) is 0.0614. The lowest BCUT2D eigenvalue weighted by molar-refractivity contribution is -0.147. The van der Waals surface area contributed by atoms with Crippen molar-refractivity contribution in [3.63, 3.8) is 0 Å². The highest BCUT2D eigenvalue weighted by Gasteiger charge is 2.35. The summed E-state index contributed by atoms with van der Waals surface area (Å²) in [5, 5.41) is 10.1. The topological polar surface area (TPSA) is 59.0 Å². The van der Waals surface area contributed by atoms with Crippen molar-refractivity contribution < 1.29 is 23.8 Å². The smallest absolute Gasteiger partial charge is 0.238 e. The van der Waals surface area contributed by atoms with E-state index < -0.39 is 6.29 Å². The summed E-state index contributed by atoms with van der Waals surface area (Å²) in [7, 11) is 1.58. The molecule has 3 atom stereocenters. The van der Waals surface area contributed by atoms with Gasteiger partial charge in [-0.2, -0.15) is 0 Å². The molecule has 7 heteroatoms. The van der Waals surface area contributed by atoms with Crippen molar-refractivity contribution in [2.75, 3.05) is 24.4 Å². The van der Waals surface area contributed by atoms with Crippen LogP contribution in [0.15, 0.2) is 42.5 Å². The third kappa shape index (κ3) is 4.55. The zero-order valence-corrected chi connectivity index (χ0v) is 16.9. The van der Waals surface area contributed by atoms with Gasteiger partial charge in [0.05, 0.1) is 18.5 Å². The molecule has 1 aliphatic heterocycles. The van der Waals surface area contributed by atoms with Gasteiger partial charge in [0.25, 0.3) is 0 Å². The van der Waals surface area contributed by atoms with E-state index in [0.29, 0.717) is 17.9 Å². The number of hydrogen-bond acceptors (Lipinski definition) is 5. The fourth-order valence-corrected chi connectivity index (χ4v) is 4.40. The number of nitrogens with zero attached hydrogens (tertiary/aromatic N) is 1. The van der Waals surface area contributed by atoms with Crippen molar-refractivity contribution in [2.45, 2.75) is 31.6 Å². The molecule has 1 fully saturated rings. The fourth-order valence-electron chi connectivity index (χ4n) is 3.23. The van der Waals surface area contributed by atoms with Crippen LogP contribution in [0.4, 0.5) is 10.1 Å². The molecule has 2 aromatic rings. The molecule has 0 saturated carbocycles. The molecule has 1 aliphatic rings. The van der Waals surface area contributed by atoms with Gasteiger partial charge < -0.3 is 14.6 Å². The molecule has 1 heterocycles.